The molecular weight excluding hydrogens is 558 g/mol. The first kappa shape index (κ1) is 32.2. The number of sulfonamides is 1. The van der Waals surface area contributed by atoms with Crippen LogP contribution >= 0.6 is 11.6 Å². The van der Waals surface area contributed by atoms with E-state index in [0.717, 1.165) is 28.7 Å². The molecule has 220 valence electrons. The molecule has 0 aromatic heterocycles. The maximum absolute atomic E-state index is 13.9. The summed E-state index contributed by atoms with van der Waals surface area (Å²) >= 11 is 6.10. The van der Waals surface area contributed by atoms with Crippen molar-refractivity contribution in [3.8, 4) is 0 Å². The molecule has 3 aromatic carbocycles. The van der Waals surface area contributed by atoms with Crippen LogP contribution in [-0.4, -0.2) is 50.5 Å². The summed E-state index contributed by atoms with van der Waals surface area (Å²) < 4.78 is 26.8. The van der Waals surface area contributed by atoms with E-state index in [9.17, 15) is 18.0 Å². The largest absolute Gasteiger partial charge is 0.354 e. The minimum Gasteiger partial charge on any atom is -0.354 e. The molecule has 3 rings (SSSR count). The molecule has 0 spiro atoms. The third kappa shape index (κ3) is 9.61. The van der Waals surface area contributed by atoms with Crippen molar-refractivity contribution in [2.45, 2.75) is 59.0 Å². The van der Waals surface area contributed by atoms with Gasteiger partial charge in [-0.1, -0.05) is 73.1 Å². The Balaban J connectivity index is 1.88. The summed E-state index contributed by atoms with van der Waals surface area (Å²) in [4.78, 5) is 28.9. The number of halogens is 1. The number of carbonyl (C=O) groups excluding carboxylic acids is 2. The normalized spacial score (nSPS) is 12.0. The van der Waals surface area contributed by atoms with Gasteiger partial charge in [-0.05, 0) is 67.1 Å². The zero-order valence-electron chi connectivity index (χ0n) is 24.3. The summed E-state index contributed by atoms with van der Waals surface area (Å²) in [5, 5.41) is 3.55. The monoisotopic (exact) mass is 597 g/mol. The fourth-order valence-corrected chi connectivity index (χ4v) is 5.82. The molecule has 2 amide bonds. The van der Waals surface area contributed by atoms with Gasteiger partial charge >= 0.3 is 0 Å². The van der Waals surface area contributed by atoms with Crippen molar-refractivity contribution < 1.29 is 18.0 Å². The molecule has 0 bridgehead atoms. The molecule has 1 atom stereocenters. The van der Waals surface area contributed by atoms with Crippen LogP contribution in [0.15, 0.2) is 72.8 Å². The third-order valence-electron chi connectivity index (χ3n) is 6.87. The van der Waals surface area contributed by atoms with Crippen molar-refractivity contribution in [3.05, 3.63) is 100 Å². The lowest BCUT2D eigenvalue weighted by Crippen LogP contribution is -2.50. The molecule has 0 aliphatic carbocycles. The topological polar surface area (TPSA) is 86.8 Å². The number of nitrogens with zero attached hydrogens (tertiary/aromatic N) is 2. The van der Waals surface area contributed by atoms with Gasteiger partial charge in [0.2, 0.25) is 21.8 Å². The molecule has 0 aliphatic rings. The van der Waals surface area contributed by atoms with Crippen molar-refractivity contribution in [3.63, 3.8) is 0 Å². The second kappa shape index (κ2) is 15.0. The molecule has 0 radical (unpaired) electrons. The maximum atomic E-state index is 13.9. The zero-order valence-corrected chi connectivity index (χ0v) is 25.8. The summed E-state index contributed by atoms with van der Waals surface area (Å²) in [6.07, 6.45) is 2.68. The molecule has 0 aliphatic heterocycles. The highest BCUT2D eigenvalue weighted by molar-refractivity contribution is 7.92. The molecule has 41 heavy (non-hydrogen) atoms. The number of benzene rings is 3. The lowest BCUT2D eigenvalue weighted by Gasteiger charge is -2.32. The number of anilines is 1. The lowest BCUT2D eigenvalue weighted by atomic mass is 10.0. The predicted molar refractivity (Wildman–Crippen MR) is 167 cm³/mol. The first-order valence-corrected chi connectivity index (χ1v) is 16.1. The lowest BCUT2D eigenvalue weighted by molar-refractivity contribution is -0.141. The number of nitrogens with one attached hydrogen (secondary N) is 1. The standard InChI is InChI=1S/C32H40ClN3O4S/c1-5-19-34-32(38)30(22-26-10-7-6-8-11-26)35(23-27-15-17-28(33)18-16-27)31(37)12-9-20-36(41(4,39)40)29-21-24(2)13-14-25(29)3/h6-8,10-11,13-18,21,30H,5,9,12,19-20,22-23H2,1-4H3,(H,34,38). The Labute approximate surface area is 249 Å². The molecule has 0 saturated carbocycles. The van der Waals surface area contributed by atoms with Crippen LogP contribution in [0.1, 0.15) is 48.4 Å². The summed E-state index contributed by atoms with van der Waals surface area (Å²) in [6.45, 7) is 6.64. The van der Waals surface area contributed by atoms with Gasteiger partial charge in [0.15, 0.2) is 0 Å². The highest BCUT2D eigenvalue weighted by atomic mass is 35.5. The van der Waals surface area contributed by atoms with Crippen LogP contribution in [0.5, 0.6) is 0 Å². The molecule has 1 unspecified atom stereocenters. The fourth-order valence-electron chi connectivity index (χ4n) is 4.68. The summed E-state index contributed by atoms with van der Waals surface area (Å²) in [5.74, 6) is -0.437. The van der Waals surface area contributed by atoms with Gasteiger partial charge in [-0.2, -0.15) is 0 Å². The average molecular weight is 598 g/mol. The minimum atomic E-state index is -3.58. The Hall–Kier alpha value is -3.36. The van der Waals surface area contributed by atoms with Gasteiger partial charge in [0.05, 0.1) is 11.9 Å². The number of hydrogen-bond acceptors (Lipinski definition) is 4. The van der Waals surface area contributed by atoms with Crippen LogP contribution in [0.2, 0.25) is 5.02 Å². The Morgan fingerprint density at radius 1 is 0.951 bits per heavy atom. The number of hydrogen-bond donors (Lipinski definition) is 1. The van der Waals surface area contributed by atoms with E-state index in [2.05, 4.69) is 5.32 Å². The number of carbonyl (C=O) groups is 2. The van der Waals surface area contributed by atoms with Crippen LogP contribution in [0.3, 0.4) is 0 Å². The van der Waals surface area contributed by atoms with Crippen LogP contribution in [0, 0.1) is 13.8 Å². The summed E-state index contributed by atoms with van der Waals surface area (Å²) in [6, 6.07) is 21.8. The van der Waals surface area contributed by atoms with Gasteiger partial charge in [0, 0.05) is 37.5 Å². The first-order valence-electron chi connectivity index (χ1n) is 13.9. The fraction of sp³-hybridized carbons (Fsp3) is 0.375. The smallest absolute Gasteiger partial charge is 0.243 e. The van der Waals surface area contributed by atoms with Crippen molar-refractivity contribution >= 4 is 39.1 Å². The van der Waals surface area contributed by atoms with Gasteiger partial charge in [0.1, 0.15) is 6.04 Å². The molecular formula is C32H40ClN3O4S. The SMILES string of the molecule is CCCNC(=O)C(Cc1ccccc1)N(Cc1ccc(Cl)cc1)C(=O)CCCN(c1cc(C)ccc1C)S(C)(=O)=O. The van der Waals surface area contributed by atoms with E-state index >= 15 is 0 Å². The van der Waals surface area contributed by atoms with Crippen molar-refractivity contribution in [2.75, 3.05) is 23.7 Å². The second-order valence-electron chi connectivity index (χ2n) is 10.4. The minimum absolute atomic E-state index is 0.0802. The third-order valence-corrected chi connectivity index (χ3v) is 8.30. The average Bonchev–Trinajstić information content (AvgIpc) is 2.94. The number of amides is 2. The van der Waals surface area contributed by atoms with Crippen LogP contribution < -0.4 is 9.62 Å². The maximum Gasteiger partial charge on any atom is 0.243 e. The molecule has 0 fully saturated rings. The van der Waals surface area contributed by atoms with E-state index in [0.29, 0.717) is 30.1 Å². The van der Waals surface area contributed by atoms with Crippen LogP contribution in [0.25, 0.3) is 0 Å². The van der Waals surface area contributed by atoms with E-state index in [1.54, 1.807) is 17.0 Å². The summed E-state index contributed by atoms with van der Waals surface area (Å²) in [7, 11) is -3.58. The Kier molecular flexibility index (Phi) is 11.8. The van der Waals surface area contributed by atoms with E-state index in [-0.39, 0.29) is 31.3 Å². The van der Waals surface area contributed by atoms with Crippen LogP contribution in [-0.2, 0) is 32.6 Å². The predicted octanol–water partition coefficient (Wildman–Crippen LogP) is 5.67. The van der Waals surface area contributed by atoms with E-state index in [1.807, 2.05) is 81.4 Å². The quantitative estimate of drug-likeness (QED) is 0.259. The molecule has 9 heteroatoms. The molecule has 0 heterocycles. The number of rotatable bonds is 14. The van der Waals surface area contributed by atoms with E-state index in [1.165, 1.54) is 10.6 Å². The molecule has 7 nitrogen and oxygen atoms in total. The Morgan fingerprint density at radius 3 is 2.27 bits per heavy atom. The molecule has 3 aromatic rings. The highest BCUT2D eigenvalue weighted by Crippen LogP contribution is 2.25. The second-order valence-corrected chi connectivity index (χ2v) is 12.7. The first-order chi connectivity index (χ1) is 19.5. The van der Waals surface area contributed by atoms with Gasteiger partial charge in [0.25, 0.3) is 0 Å². The van der Waals surface area contributed by atoms with E-state index < -0.39 is 16.1 Å². The van der Waals surface area contributed by atoms with Gasteiger partial charge in [-0.15, -0.1) is 0 Å². The van der Waals surface area contributed by atoms with Crippen molar-refractivity contribution in [2.24, 2.45) is 0 Å². The van der Waals surface area contributed by atoms with Crippen LogP contribution in [0.4, 0.5) is 5.69 Å². The number of aryl methyl sites for hydroxylation is 2. The Bertz CT molecular complexity index is 1410. The van der Waals surface area contributed by atoms with Gasteiger partial charge in [-0.3, -0.25) is 13.9 Å². The molecule has 0 saturated heterocycles. The summed E-state index contributed by atoms with van der Waals surface area (Å²) in [5.41, 5.74) is 4.19. The van der Waals surface area contributed by atoms with Gasteiger partial charge in [-0.25, -0.2) is 8.42 Å². The molecule has 1 N–H and O–H groups in total. The van der Waals surface area contributed by atoms with Gasteiger partial charge < -0.3 is 10.2 Å². The zero-order chi connectivity index (χ0) is 30.0. The van der Waals surface area contributed by atoms with E-state index in [4.69, 9.17) is 11.6 Å². The highest BCUT2D eigenvalue weighted by Gasteiger charge is 2.30. The van der Waals surface area contributed by atoms with Crippen molar-refractivity contribution in [1.82, 2.24) is 10.2 Å². The van der Waals surface area contributed by atoms with Crippen molar-refractivity contribution in [1.29, 1.82) is 0 Å². The Morgan fingerprint density at radius 2 is 1.63 bits per heavy atom.